The highest BCUT2D eigenvalue weighted by molar-refractivity contribution is 5.92. The highest BCUT2D eigenvalue weighted by Gasteiger charge is 2.09. The van der Waals surface area contributed by atoms with Crippen LogP contribution in [0.3, 0.4) is 0 Å². The maximum Gasteiger partial charge on any atom is 0.308 e. The van der Waals surface area contributed by atoms with E-state index in [4.69, 9.17) is 11.5 Å². The lowest BCUT2D eigenvalue weighted by molar-refractivity contribution is 0.0937. The first-order chi connectivity index (χ1) is 13.5. The molecule has 3 aromatic rings. The van der Waals surface area contributed by atoms with Crippen LogP contribution < -0.4 is 22.3 Å². The second kappa shape index (κ2) is 8.17. The van der Waals surface area contributed by atoms with E-state index >= 15 is 0 Å². The van der Waals surface area contributed by atoms with Crippen LogP contribution in [0.1, 0.15) is 32.4 Å². The summed E-state index contributed by atoms with van der Waals surface area (Å²) in [5, 5.41) is 19.4. The molecule has 14 nitrogen and oxygen atoms in total. The molecule has 0 aliphatic carbocycles. The zero-order valence-corrected chi connectivity index (χ0v) is 14.1. The molecule has 0 aliphatic rings. The zero-order valence-electron chi connectivity index (χ0n) is 14.1. The summed E-state index contributed by atoms with van der Waals surface area (Å²) in [6.45, 7) is 0. The van der Waals surface area contributed by atoms with Crippen molar-refractivity contribution < 1.29 is 9.59 Å². The Balaban J connectivity index is 1.50. The SMILES string of the molecule is Nc1n[nH]c(C(=O)N/N=C/c2ccc(/C=N/NC(=O)c3nc(N)n[nH]3)cc2)n1. The van der Waals surface area contributed by atoms with E-state index in [9.17, 15) is 9.59 Å². The van der Waals surface area contributed by atoms with Crippen LogP contribution in [0.4, 0.5) is 11.9 Å². The van der Waals surface area contributed by atoms with E-state index in [0.29, 0.717) is 0 Å². The third kappa shape index (κ3) is 4.72. The molecule has 0 saturated carbocycles. The van der Waals surface area contributed by atoms with Gasteiger partial charge in [0.05, 0.1) is 12.4 Å². The molecule has 0 unspecified atom stereocenters. The van der Waals surface area contributed by atoms with Crippen LogP contribution in [0.15, 0.2) is 34.5 Å². The van der Waals surface area contributed by atoms with E-state index in [1.165, 1.54) is 12.4 Å². The summed E-state index contributed by atoms with van der Waals surface area (Å²) in [5.74, 6) is -1.31. The van der Waals surface area contributed by atoms with Gasteiger partial charge in [0.15, 0.2) is 0 Å². The first-order valence-corrected chi connectivity index (χ1v) is 7.64. The van der Waals surface area contributed by atoms with E-state index in [0.717, 1.165) is 11.1 Å². The molecule has 0 radical (unpaired) electrons. The number of hydrogen-bond acceptors (Lipinski definition) is 10. The average molecular weight is 382 g/mol. The lowest BCUT2D eigenvalue weighted by Gasteiger charge is -1.97. The molecule has 8 N–H and O–H groups in total. The third-order valence-electron chi connectivity index (χ3n) is 3.13. The Hall–Kier alpha value is -4.62. The summed E-state index contributed by atoms with van der Waals surface area (Å²) in [7, 11) is 0. The van der Waals surface area contributed by atoms with Crippen molar-refractivity contribution in [1.82, 2.24) is 41.2 Å². The summed E-state index contributed by atoms with van der Waals surface area (Å²) in [6, 6.07) is 6.95. The standard InChI is InChI=1S/C14H14N12O2/c15-13-19-9(21-25-13)11(27)23-17-5-7-1-2-8(4-3-7)6-18-24-12(28)10-20-14(16)26-22-10/h1-6H,(H,23,27)(H,24,28)(H3,15,19,21,25)(H3,16,20,22,26)/b17-5+,18-6+. The molecule has 3 rings (SSSR count). The monoisotopic (exact) mass is 382 g/mol. The maximum atomic E-state index is 11.7. The fourth-order valence-corrected chi connectivity index (χ4v) is 1.86. The molecule has 2 heterocycles. The largest absolute Gasteiger partial charge is 0.366 e. The molecule has 142 valence electrons. The molecular weight excluding hydrogens is 368 g/mol. The van der Waals surface area contributed by atoms with Crippen molar-refractivity contribution >= 4 is 36.1 Å². The third-order valence-corrected chi connectivity index (χ3v) is 3.13. The van der Waals surface area contributed by atoms with Crippen molar-refractivity contribution in [3.8, 4) is 0 Å². The van der Waals surface area contributed by atoms with Gasteiger partial charge >= 0.3 is 11.8 Å². The molecular formula is C14H14N12O2. The first kappa shape index (κ1) is 18.2. The van der Waals surface area contributed by atoms with Crippen LogP contribution in [-0.4, -0.2) is 54.6 Å². The average Bonchev–Trinajstić information content (AvgIpc) is 3.31. The van der Waals surface area contributed by atoms with Crippen molar-refractivity contribution in [3.05, 3.63) is 47.0 Å². The van der Waals surface area contributed by atoms with Gasteiger partial charge in [-0.3, -0.25) is 19.8 Å². The van der Waals surface area contributed by atoms with Crippen molar-refractivity contribution in [3.63, 3.8) is 0 Å². The van der Waals surface area contributed by atoms with Crippen LogP contribution in [0.25, 0.3) is 0 Å². The minimum atomic E-state index is -0.576. The minimum absolute atomic E-state index is 0.0347. The van der Waals surface area contributed by atoms with Gasteiger partial charge in [0.25, 0.3) is 0 Å². The van der Waals surface area contributed by atoms with Crippen molar-refractivity contribution in [1.29, 1.82) is 0 Å². The van der Waals surface area contributed by atoms with Gasteiger partial charge in [-0.25, -0.2) is 10.9 Å². The topological polar surface area (TPSA) is 218 Å². The second-order valence-corrected chi connectivity index (χ2v) is 5.15. The Morgan fingerprint density at radius 1 is 0.821 bits per heavy atom. The number of nitrogen functional groups attached to an aromatic ring is 2. The fourth-order valence-electron chi connectivity index (χ4n) is 1.86. The van der Waals surface area contributed by atoms with Crippen LogP contribution in [0.5, 0.6) is 0 Å². The van der Waals surface area contributed by atoms with E-state index in [-0.39, 0.29) is 23.5 Å². The number of nitrogens with two attached hydrogens (primary N) is 2. The van der Waals surface area contributed by atoms with Crippen LogP contribution in [0, 0.1) is 0 Å². The molecule has 2 aromatic heterocycles. The lowest BCUT2D eigenvalue weighted by Crippen LogP contribution is -2.19. The maximum absolute atomic E-state index is 11.7. The summed E-state index contributed by atoms with van der Waals surface area (Å²) in [4.78, 5) is 30.7. The van der Waals surface area contributed by atoms with Gasteiger partial charge in [0.1, 0.15) is 0 Å². The predicted octanol–water partition coefficient (Wildman–Crippen LogP) is -1.39. The fraction of sp³-hybridized carbons (Fsp3) is 0. The Kier molecular flexibility index (Phi) is 5.31. The molecule has 28 heavy (non-hydrogen) atoms. The normalized spacial score (nSPS) is 11.1. The summed E-state index contributed by atoms with van der Waals surface area (Å²) >= 11 is 0. The second-order valence-electron chi connectivity index (χ2n) is 5.15. The molecule has 14 heteroatoms. The van der Waals surface area contributed by atoms with Crippen LogP contribution in [0.2, 0.25) is 0 Å². The van der Waals surface area contributed by atoms with Gasteiger partial charge in [-0.2, -0.15) is 20.2 Å². The number of aromatic nitrogens is 6. The highest BCUT2D eigenvalue weighted by Crippen LogP contribution is 2.00. The van der Waals surface area contributed by atoms with E-state index in [1.807, 2.05) is 0 Å². The number of nitrogens with one attached hydrogen (secondary N) is 4. The molecule has 0 saturated heterocycles. The number of benzene rings is 1. The number of carbonyl (C=O) groups excluding carboxylic acids is 2. The number of nitrogens with zero attached hydrogens (tertiary/aromatic N) is 6. The number of hydrazone groups is 2. The number of H-pyrrole nitrogens is 2. The molecule has 0 fully saturated rings. The van der Waals surface area contributed by atoms with Crippen molar-refractivity contribution in [2.45, 2.75) is 0 Å². The van der Waals surface area contributed by atoms with Gasteiger partial charge in [0.2, 0.25) is 23.5 Å². The number of carbonyl (C=O) groups is 2. The molecule has 0 spiro atoms. The number of aromatic amines is 2. The predicted molar refractivity (Wildman–Crippen MR) is 98.2 cm³/mol. The minimum Gasteiger partial charge on any atom is -0.366 e. The summed E-state index contributed by atoms with van der Waals surface area (Å²) in [6.07, 6.45) is 2.88. The Bertz CT molecular complexity index is 950. The van der Waals surface area contributed by atoms with Crippen LogP contribution in [-0.2, 0) is 0 Å². The first-order valence-electron chi connectivity index (χ1n) is 7.64. The smallest absolute Gasteiger partial charge is 0.308 e. The zero-order chi connectivity index (χ0) is 19.9. The summed E-state index contributed by atoms with van der Waals surface area (Å²) in [5.41, 5.74) is 16.6. The van der Waals surface area contributed by atoms with Gasteiger partial charge in [-0.15, -0.1) is 10.2 Å². The molecule has 0 atom stereocenters. The van der Waals surface area contributed by atoms with Crippen molar-refractivity contribution in [2.75, 3.05) is 11.5 Å². The quantitative estimate of drug-likeness (QED) is 0.220. The molecule has 0 bridgehead atoms. The van der Waals surface area contributed by atoms with Crippen molar-refractivity contribution in [2.24, 2.45) is 10.2 Å². The van der Waals surface area contributed by atoms with Crippen LogP contribution >= 0.6 is 0 Å². The Morgan fingerprint density at radius 2 is 1.21 bits per heavy atom. The Labute approximate surface area is 156 Å². The number of amides is 2. The number of hydrogen-bond donors (Lipinski definition) is 6. The molecule has 2 amide bonds. The molecule has 1 aromatic carbocycles. The highest BCUT2D eigenvalue weighted by atomic mass is 16.2. The Morgan fingerprint density at radius 3 is 1.54 bits per heavy atom. The van der Waals surface area contributed by atoms with E-state index in [2.05, 4.69) is 51.4 Å². The van der Waals surface area contributed by atoms with E-state index < -0.39 is 11.8 Å². The summed E-state index contributed by atoms with van der Waals surface area (Å²) < 4.78 is 0. The molecule has 0 aliphatic heterocycles. The lowest BCUT2D eigenvalue weighted by atomic mass is 10.2. The van der Waals surface area contributed by atoms with Gasteiger partial charge < -0.3 is 11.5 Å². The van der Waals surface area contributed by atoms with Gasteiger partial charge in [0, 0.05) is 0 Å². The number of rotatable bonds is 6. The number of anilines is 2. The van der Waals surface area contributed by atoms with Gasteiger partial charge in [-0.05, 0) is 11.1 Å². The van der Waals surface area contributed by atoms with Gasteiger partial charge in [-0.1, -0.05) is 24.3 Å². The van der Waals surface area contributed by atoms with E-state index in [1.54, 1.807) is 24.3 Å².